The number of likely N-dealkylation sites (tertiary alicyclic amines) is 1. The summed E-state index contributed by atoms with van der Waals surface area (Å²) in [4.78, 5) is 29.6. The zero-order valence-corrected chi connectivity index (χ0v) is 14.4. The first-order valence-corrected chi connectivity index (χ1v) is 8.66. The molecular formula is C15H22ClN7O. The third-order valence-electron chi connectivity index (χ3n) is 4.34. The van der Waals surface area contributed by atoms with E-state index in [1.165, 1.54) is 12.7 Å². The molecule has 3 heterocycles. The number of hydrogen-bond acceptors (Lipinski definition) is 6. The van der Waals surface area contributed by atoms with Gasteiger partial charge >= 0.3 is 0 Å². The lowest BCUT2D eigenvalue weighted by molar-refractivity contribution is -0.121. The van der Waals surface area contributed by atoms with E-state index in [1.807, 2.05) is 0 Å². The first kappa shape index (κ1) is 16.9. The van der Waals surface area contributed by atoms with Gasteiger partial charge in [-0.25, -0.2) is 4.98 Å². The van der Waals surface area contributed by atoms with Gasteiger partial charge in [0.25, 0.3) is 0 Å². The predicted molar refractivity (Wildman–Crippen MR) is 93.1 cm³/mol. The Morgan fingerprint density at radius 2 is 2.38 bits per heavy atom. The molecule has 0 saturated carbocycles. The minimum atomic E-state index is 0.0338. The van der Waals surface area contributed by atoms with Crippen molar-refractivity contribution < 1.29 is 4.79 Å². The van der Waals surface area contributed by atoms with Gasteiger partial charge in [-0.1, -0.05) is 6.92 Å². The van der Waals surface area contributed by atoms with Crippen LogP contribution in [0, 0.1) is 0 Å². The highest BCUT2D eigenvalue weighted by molar-refractivity contribution is 6.28. The number of carbonyl (C=O) groups is 1. The number of carbonyl (C=O) groups excluding carboxylic acids is 1. The van der Waals surface area contributed by atoms with E-state index in [2.05, 4.69) is 42.4 Å². The van der Waals surface area contributed by atoms with Gasteiger partial charge in [0.15, 0.2) is 11.5 Å². The topological polar surface area (TPSA) is 98.8 Å². The number of fused-ring (bicyclic) bond motifs is 1. The van der Waals surface area contributed by atoms with Crippen molar-refractivity contribution in [1.29, 1.82) is 0 Å². The molecule has 3 N–H and O–H groups in total. The van der Waals surface area contributed by atoms with Crippen LogP contribution in [-0.2, 0) is 4.79 Å². The molecule has 0 bridgehead atoms. The van der Waals surface area contributed by atoms with Crippen molar-refractivity contribution in [3.63, 3.8) is 0 Å². The van der Waals surface area contributed by atoms with E-state index in [9.17, 15) is 4.79 Å². The average molecular weight is 352 g/mol. The van der Waals surface area contributed by atoms with Crippen LogP contribution in [0.4, 0.5) is 5.82 Å². The number of imidazole rings is 1. The minimum Gasteiger partial charge on any atom is -0.368 e. The van der Waals surface area contributed by atoms with Crippen molar-refractivity contribution in [2.75, 3.05) is 31.5 Å². The van der Waals surface area contributed by atoms with E-state index >= 15 is 0 Å². The van der Waals surface area contributed by atoms with Crippen LogP contribution in [0.2, 0.25) is 5.28 Å². The smallest absolute Gasteiger partial charge is 0.226 e. The quantitative estimate of drug-likeness (QED) is 0.652. The number of hydrogen-bond donors (Lipinski definition) is 3. The molecule has 24 heavy (non-hydrogen) atoms. The number of H-pyrrole nitrogens is 1. The van der Waals surface area contributed by atoms with Gasteiger partial charge in [-0.2, -0.15) is 9.97 Å². The molecule has 0 spiro atoms. The zero-order chi connectivity index (χ0) is 16.9. The van der Waals surface area contributed by atoms with Crippen LogP contribution >= 0.6 is 11.6 Å². The minimum absolute atomic E-state index is 0.0338. The molecule has 0 aliphatic carbocycles. The van der Waals surface area contributed by atoms with E-state index in [0.29, 0.717) is 36.0 Å². The molecule has 1 aliphatic heterocycles. The molecule has 8 nitrogen and oxygen atoms in total. The van der Waals surface area contributed by atoms with E-state index in [-0.39, 0.29) is 11.2 Å². The summed E-state index contributed by atoms with van der Waals surface area (Å²) in [5.41, 5.74) is 1.19. The second-order valence-electron chi connectivity index (χ2n) is 5.85. The lowest BCUT2D eigenvalue weighted by atomic mass is 10.2. The average Bonchev–Trinajstić information content (AvgIpc) is 3.21. The number of likely N-dealkylation sites (N-methyl/N-ethyl adjacent to an activating group) is 1. The van der Waals surface area contributed by atoms with Crippen molar-refractivity contribution in [2.45, 2.75) is 32.2 Å². The summed E-state index contributed by atoms with van der Waals surface area (Å²) in [5, 5.41) is 6.26. The highest BCUT2D eigenvalue weighted by Crippen LogP contribution is 2.18. The Morgan fingerprint density at radius 3 is 3.21 bits per heavy atom. The molecule has 0 aromatic carbocycles. The van der Waals surface area contributed by atoms with Crippen LogP contribution in [0.1, 0.15) is 26.2 Å². The van der Waals surface area contributed by atoms with Crippen molar-refractivity contribution in [3.05, 3.63) is 11.6 Å². The van der Waals surface area contributed by atoms with Gasteiger partial charge in [0.2, 0.25) is 11.2 Å². The summed E-state index contributed by atoms with van der Waals surface area (Å²) in [7, 11) is 0. The largest absolute Gasteiger partial charge is 0.368 e. The van der Waals surface area contributed by atoms with Gasteiger partial charge in [-0.3, -0.25) is 9.69 Å². The zero-order valence-electron chi connectivity index (χ0n) is 13.7. The summed E-state index contributed by atoms with van der Waals surface area (Å²) in [6, 6.07) is 0.470. The van der Waals surface area contributed by atoms with Crippen molar-refractivity contribution in [2.24, 2.45) is 0 Å². The van der Waals surface area contributed by atoms with Gasteiger partial charge in [-0.15, -0.1) is 0 Å². The molecule has 1 atom stereocenters. The van der Waals surface area contributed by atoms with E-state index < -0.39 is 0 Å². The monoisotopic (exact) mass is 351 g/mol. The maximum Gasteiger partial charge on any atom is 0.226 e. The first-order chi connectivity index (χ1) is 11.7. The molecule has 1 amide bonds. The van der Waals surface area contributed by atoms with E-state index in [4.69, 9.17) is 11.6 Å². The molecule has 1 aliphatic rings. The van der Waals surface area contributed by atoms with E-state index in [0.717, 1.165) is 26.1 Å². The maximum absolute atomic E-state index is 12.0. The number of anilines is 1. The fraction of sp³-hybridized carbons (Fsp3) is 0.600. The van der Waals surface area contributed by atoms with Gasteiger partial charge in [0, 0.05) is 25.6 Å². The van der Waals surface area contributed by atoms with Gasteiger partial charge in [0.05, 0.1) is 6.33 Å². The maximum atomic E-state index is 12.0. The molecule has 2 aromatic heterocycles. The fourth-order valence-corrected chi connectivity index (χ4v) is 3.26. The molecule has 1 saturated heterocycles. The van der Waals surface area contributed by atoms with Crippen LogP contribution in [0.25, 0.3) is 11.2 Å². The predicted octanol–water partition coefficient (Wildman–Crippen LogP) is 1.41. The number of nitrogens with one attached hydrogen (secondary N) is 3. The van der Waals surface area contributed by atoms with Crippen LogP contribution < -0.4 is 10.6 Å². The van der Waals surface area contributed by atoms with Crippen molar-refractivity contribution >= 4 is 34.5 Å². The third kappa shape index (κ3) is 3.93. The summed E-state index contributed by atoms with van der Waals surface area (Å²) in [6.07, 6.45) is 4.28. The summed E-state index contributed by atoms with van der Waals surface area (Å²) >= 11 is 5.87. The molecule has 130 valence electrons. The number of nitrogens with zero attached hydrogens (tertiary/aromatic N) is 4. The summed E-state index contributed by atoms with van der Waals surface area (Å²) < 4.78 is 0. The number of aromatic amines is 1. The van der Waals surface area contributed by atoms with Crippen LogP contribution in [0.5, 0.6) is 0 Å². The molecular weight excluding hydrogens is 330 g/mol. The molecule has 3 rings (SSSR count). The van der Waals surface area contributed by atoms with Crippen LogP contribution in [-0.4, -0.2) is 63.0 Å². The Balaban J connectivity index is 1.45. The SMILES string of the molecule is CCN1CCC[C@@H]1CNC(=O)CCNc1nc(Cl)nc2nc[nH]c12. The highest BCUT2D eigenvalue weighted by atomic mass is 35.5. The summed E-state index contributed by atoms with van der Waals surface area (Å²) in [6.45, 7) is 5.52. The number of aromatic nitrogens is 4. The fourth-order valence-electron chi connectivity index (χ4n) is 3.09. The second kappa shape index (κ2) is 7.76. The first-order valence-electron chi connectivity index (χ1n) is 8.28. The Labute approximate surface area is 145 Å². The van der Waals surface area contributed by atoms with Crippen molar-refractivity contribution in [1.82, 2.24) is 30.2 Å². The molecule has 2 aromatic rings. The molecule has 0 unspecified atom stereocenters. The van der Waals surface area contributed by atoms with Gasteiger partial charge in [-0.05, 0) is 37.5 Å². The molecule has 0 radical (unpaired) electrons. The number of amides is 1. The number of halogens is 1. The Bertz CT molecular complexity index is 704. The molecule has 9 heteroatoms. The second-order valence-corrected chi connectivity index (χ2v) is 6.19. The Morgan fingerprint density at radius 1 is 1.50 bits per heavy atom. The van der Waals surface area contributed by atoms with Gasteiger partial charge in [0.1, 0.15) is 5.52 Å². The standard InChI is InChI=1S/C15H22ClN7O/c1-2-23-7-3-4-10(23)8-18-11(24)5-6-17-13-12-14(20-9-19-12)22-15(16)21-13/h9-10H,2-8H2,1H3,(H,18,24)(H2,17,19,20,21,22)/t10-/m1/s1. The van der Waals surface area contributed by atoms with Crippen molar-refractivity contribution in [3.8, 4) is 0 Å². The lowest BCUT2D eigenvalue weighted by Gasteiger charge is -2.22. The van der Waals surface area contributed by atoms with Crippen LogP contribution in [0.15, 0.2) is 6.33 Å². The normalized spacial score (nSPS) is 18.2. The molecule has 1 fully saturated rings. The van der Waals surface area contributed by atoms with Crippen LogP contribution in [0.3, 0.4) is 0 Å². The lowest BCUT2D eigenvalue weighted by Crippen LogP contribution is -2.40. The number of rotatable bonds is 7. The Kier molecular flexibility index (Phi) is 5.47. The third-order valence-corrected chi connectivity index (χ3v) is 4.51. The highest BCUT2D eigenvalue weighted by Gasteiger charge is 2.22. The Hall–Kier alpha value is -1.93. The van der Waals surface area contributed by atoms with E-state index in [1.54, 1.807) is 0 Å². The summed E-state index contributed by atoms with van der Waals surface area (Å²) in [5.74, 6) is 0.592. The van der Waals surface area contributed by atoms with Gasteiger partial charge < -0.3 is 15.6 Å².